The van der Waals surface area contributed by atoms with Crippen LogP contribution < -0.4 is 0 Å². The number of benzene rings is 1. The first-order valence-electron chi connectivity index (χ1n) is 10.9. The van der Waals surface area contributed by atoms with E-state index in [9.17, 15) is 9.90 Å². The predicted molar refractivity (Wildman–Crippen MR) is 125 cm³/mol. The van der Waals surface area contributed by atoms with Gasteiger partial charge in [0, 0.05) is 12.2 Å². The lowest BCUT2D eigenvalue weighted by Gasteiger charge is -2.43. The van der Waals surface area contributed by atoms with Crippen LogP contribution in [0.2, 0.25) is 0 Å². The van der Waals surface area contributed by atoms with Gasteiger partial charge in [-0.1, -0.05) is 71.9 Å². The van der Waals surface area contributed by atoms with Crippen LogP contribution in [0, 0.1) is 22.7 Å². The molecule has 166 valence electrons. The lowest BCUT2D eigenvalue weighted by molar-refractivity contribution is -0.137. The molecule has 0 amide bonds. The third-order valence-electron chi connectivity index (χ3n) is 5.87. The summed E-state index contributed by atoms with van der Waals surface area (Å²) in [4.78, 5) is 10.9. The van der Waals surface area contributed by atoms with Crippen molar-refractivity contribution < 1.29 is 15.0 Å². The maximum atomic E-state index is 11.4. The molecule has 0 aliphatic heterocycles. The normalized spacial score (nSPS) is 15.7. The van der Waals surface area contributed by atoms with Gasteiger partial charge in [-0.2, -0.15) is 11.8 Å². The van der Waals surface area contributed by atoms with E-state index in [0.29, 0.717) is 6.42 Å². The van der Waals surface area contributed by atoms with Gasteiger partial charge in [0.15, 0.2) is 0 Å². The molecule has 0 fully saturated rings. The van der Waals surface area contributed by atoms with Gasteiger partial charge >= 0.3 is 5.97 Å². The van der Waals surface area contributed by atoms with Crippen LogP contribution in [-0.4, -0.2) is 28.0 Å². The topological polar surface area (TPSA) is 57.5 Å². The molecular formula is C25H42O3S. The molecule has 0 saturated heterocycles. The van der Waals surface area contributed by atoms with E-state index in [-0.39, 0.29) is 29.1 Å². The molecule has 29 heavy (non-hydrogen) atoms. The zero-order valence-electron chi connectivity index (χ0n) is 19.3. The first-order chi connectivity index (χ1) is 13.4. The average Bonchev–Trinajstić information content (AvgIpc) is 2.59. The Bertz CT molecular complexity index is 586. The summed E-state index contributed by atoms with van der Waals surface area (Å²) in [7, 11) is 0. The van der Waals surface area contributed by atoms with Crippen LogP contribution in [0.1, 0.15) is 79.2 Å². The maximum Gasteiger partial charge on any atom is 0.303 e. The summed E-state index contributed by atoms with van der Waals surface area (Å²) in [5, 5.41) is 20.4. The van der Waals surface area contributed by atoms with E-state index >= 15 is 0 Å². The Morgan fingerprint density at radius 1 is 0.931 bits per heavy atom. The second-order valence-electron chi connectivity index (χ2n) is 10.4. The zero-order valence-corrected chi connectivity index (χ0v) is 20.1. The van der Waals surface area contributed by atoms with Crippen molar-refractivity contribution in [1.82, 2.24) is 0 Å². The number of aliphatic carboxylic acids is 1. The molecule has 0 heterocycles. The fourth-order valence-corrected chi connectivity index (χ4v) is 5.10. The lowest BCUT2D eigenvalue weighted by Crippen LogP contribution is -2.42. The fourth-order valence-electron chi connectivity index (χ4n) is 4.16. The minimum atomic E-state index is -0.755. The van der Waals surface area contributed by atoms with E-state index in [1.807, 2.05) is 17.8 Å². The first-order valence-corrected chi connectivity index (χ1v) is 12.1. The number of carbonyl (C=O) groups is 1. The number of thioether (sulfide) groups is 1. The highest BCUT2D eigenvalue weighted by Crippen LogP contribution is 2.42. The van der Waals surface area contributed by atoms with Crippen LogP contribution in [0.4, 0.5) is 0 Å². The van der Waals surface area contributed by atoms with Gasteiger partial charge in [-0.25, -0.2) is 0 Å². The second-order valence-corrected chi connectivity index (χ2v) is 11.5. The summed E-state index contributed by atoms with van der Waals surface area (Å²) in [6.07, 6.45) is 3.23. The summed E-state index contributed by atoms with van der Waals surface area (Å²) < 4.78 is 0. The number of aliphatic hydroxyl groups excluding tert-OH is 1. The van der Waals surface area contributed by atoms with E-state index in [1.54, 1.807) is 0 Å². The molecule has 0 aromatic heterocycles. The van der Waals surface area contributed by atoms with Crippen LogP contribution in [0.15, 0.2) is 30.3 Å². The lowest BCUT2D eigenvalue weighted by atomic mass is 9.65. The van der Waals surface area contributed by atoms with Gasteiger partial charge in [0.1, 0.15) is 0 Å². The molecule has 0 bridgehead atoms. The van der Waals surface area contributed by atoms with Gasteiger partial charge in [0.05, 0.1) is 6.10 Å². The average molecular weight is 423 g/mol. The number of rotatable bonds is 12. The summed E-state index contributed by atoms with van der Waals surface area (Å²) in [5.41, 5.74) is 1.32. The molecule has 3 atom stereocenters. The van der Waals surface area contributed by atoms with Crippen molar-refractivity contribution in [3.8, 4) is 0 Å². The van der Waals surface area contributed by atoms with Crippen LogP contribution in [-0.2, 0) is 10.5 Å². The van der Waals surface area contributed by atoms with E-state index in [4.69, 9.17) is 5.11 Å². The highest BCUT2D eigenvalue weighted by Gasteiger charge is 2.39. The van der Waals surface area contributed by atoms with Crippen molar-refractivity contribution in [2.75, 3.05) is 5.75 Å². The van der Waals surface area contributed by atoms with Crippen molar-refractivity contribution in [2.45, 2.75) is 85.5 Å². The maximum absolute atomic E-state index is 11.4. The number of hydrogen-bond donors (Lipinski definition) is 2. The Kier molecular flexibility index (Phi) is 10.8. The summed E-state index contributed by atoms with van der Waals surface area (Å²) in [5.74, 6) is 1.67. The van der Waals surface area contributed by atoms with E-state index in [0.717, 1.165) is 30.8 Å². The Balaban J connectivity index is 2.66. The smallest absolute Gasteiger partial charge is 0.303 e. The van der Waals surface area contributed by atoms with Crippen molar-refractivity contribution in [1.29, 1.82) is 0 Å². The molecule has 1 rings (SSSR count). The third kappa shape index (κ3) is 10.0. The number of hydrogen-bond acceptors (Lipinski definition) is 3. The van der Waals surface area contributed by atoms with Crippen LogP contribution >= 0.6 is 11.8 Å². The van der Waals surface area contributed by atoms with Gasteiger partial charge in [0.25, 0.3) is 0 Å². The van der Waals surface area contributed by atoms with E-state index < -0.39 is 12.1 Å². The summed E-state index contributed by atoms with van der Waals surface area (Å²) >= 11 is 1.95. The fraction of sp³-hybridized carbons (Fsp3) is 0.720. The molecular weight excluding hydrogens is 380 g/mol. The molecule has 3 nitrogen and oxygen atoms in total. The largest absolute Gasteiger partial charge is 0.481 e. The minimum absolute atomic E-state index is 0.0137. The van der Waals surface area contributed by atoms with E-state index in [2.05, 4.69) is 65.8 Å². The molecule has 3 unspecified atom stereocenters. The quantitative estimate of drug-likeness (QED) is 0.371. The van der Waals surface area contributed by atoms with E-state index in [1.165, 1.54) is 5.56 Å². The van der Waals surface area contributed by atoms with Crippen molar-refractivity contribution in [3.63, 3.8) is 0 Å². The standard InChI is InChI=1S/C25H42O3S/c1-24(2,3)20(14-10-16-22(26)27)23(28)21(25(4,5)6)15-11-17-29-18-19-12-8-7-9-13-19/h7-9,12-13,20-21,23,28H,10-11,14-18H2,1-6H3,(H,26,27). The number of aliphatic hydroxyl groups is 1. The zero-order chi connectivity index (χ0) is 22.1. The molecule has 2 N–H and O–H groups in total. The highest BCUT2D eigenvalue weighted by molar-refractivity contribution is 7.98. The Labute approximate surface area is 182 Å². The minimum Gasteiger partial charge on any atom is -0.481 e. The molecule has 0 aliphatic rings. The molecule has 0 radical (unpaired) electrons. The number of carboxylic acids is 1. The summed E-state index contributed by atoms with van der Waals surface area (Å²) in [6, 6.07) is 10.5. The predicted octanol–water partition coefficient (Wildman–Crippen LogP) is 6.64. The van der Waals surface area contributed by atoms with Gasteiger partial charge < -0.3 is 10.2 Å². The Hall–Kier alpha value is -1.00. The van der Waals surface area contributed by atoms with Crippen molar-refractivity contribution in [3.05, 3.63) is 35.9 Å². The molecule has 0 spiro atoms. The van der Waals surface area contributed by atoms with Crippen molar-refractivity contribution >= 4 is 17.7 Å². The monoisotopic (exact) mass is 422 g/mol. The van der Waals surface area contributed by atoms with Gasteiger partial charge in [-0.05, 0) is 59.7 Å². The molecule has 0 saturated carbocycles. The molecule has 1 aromatic rings. The SMILES string of the molecule is CC(C)(C)C(CCCSCc1ccccc1)C(O)C(CCCC(=O)O)C(C)(C)C. The second kappa shape index (κ2) is 12.0. The number of carboxylic acid groups (broad SMARTS) is 1. The molecule has 0 aliphatic carbocycles. The molecule has 4 heteroatoms. The van der Waals surface area contributed by atoms with Gasteiger partial charge in [-0.15, -0.1) is 0 Å². The first kappa shape index (κ1) is 26.0. The molecule has 1 aromatic carbocycles. The van der Waals surface area contributed by atoms with Crippen molar-refractivity contribution in [2.24, 2.45) is 22.7 Å². The van der Waals surface area contributed by atoms with Gasteiger partial charge in [-0.3, -0.25) is 4.79 Å². The highest BCUT2D eigenvalue weighted by atomic mass is 32.2. The Morgan fingerprint density at radius 3 is 1.93 bits per heavy atom. The summed E-state index contributed by atoms with van der Waals surface area (Å²) in [6.45, 7) is 13.1. The van der Waals surface area contributed by atoms with Crippen LogP contribution in [0.3, 0.4) is 0 Å². The van der Waals surface area contributed by atoms with Crippen LogP contribution in [0.25, 0.3) is 0 Å². The Morgan fingerprint density at radius 2 is 1.45 bits per heavy atom. The third-order valence-corrected chi connectivity index (χ3v) is 6.99. The van der Waals surface area contributed by atoms with Gasteiger partial charge in [0.2, 0.25) is 0 Å². The van der Waals surface area contributed by atoms with Crippen LogP contribution in [0.5, 0.6) is 0 Å².